The fourth-order valence-electron chi connectivity index (χ4n) is 2.44. The Bertz CT molecular complexity index is 393. The minimum absolute atomic E-state index is 0.0228. The Morgan fingerprint density at radius 1 is 1.50 bits per heavy atom. The van der Waals surface area contributed by atoms with Gasteiger partial charge in [-0.2, -0.15) is 0 Å². The smallest absolute Gasteiger partial charge is 0.129 e. The second kappa shape index (κ2) is 6.50. The average Bonchev–Trinajstić information content (AvgIpc) is 2.38. The zero-order valence-electron chi connectivity index (χ0n) is 10.6. The third kappa shape index (κ3) is 3.44. The van der Waals surface area contributed by atoms with Gasteiger partial charge in [0.2, 0.25) is 0 Å². The highest BCUT2D eigenvalue weighted by molar-refractivity contribution is 6.30. The second-order valence-corrected chi connectivity index (χ2v) is 5.17. The van der Waals surface area contributed by atoms with E-state index >= 15 is 0 Å². The molecule has 0 spiro atoms. The molecule has 100 valence electrons. The summed E-state index contributed by atoms with van der Waals surface area (Å²) in [5, 5.41) is 3.59. The maximum atomic E-state index is 13.9. The molecule has 0 radical (unpaired) electrons. The Morgan fingerprint density at radius 2 is 2.33 bits per heavy atom. The third-order valence-electron chi connectivity index (χ3n) is 3.46. The van der Waals surface area contributed by atoms with Crippen LogP contribution in [0, 0.1) is 5.82 Å². The van der Waals surface area contributed by atoms with Gasteiger partial charge in [-0.15, -0.1) is 0 Å². The molecule has 1 N–H and O–H groups in total. The molecule has 0 bridgehead atoms. The van der Waals surface area contributed by atoms with Gasteiger partial charge >= 0.3 is 0 Å². The van der Waals surface area contributed by atoms with Crippen molar-refractivity contribution in [2.45, 2.75) is 37.8 Å². The summed E-state index contributed by atoms with van der Waals surface area (Å²) >= 11 is 5.77. The van der Waals surface area contributed by atoms with Crippen molar-refractivity contribution in [2.75, 3.05) is 13.7 Å². The summed E-state index contributed by atoms with van der Waals surface area (Å²) in [5.41, 5.74) is 0.663. The van der Waals surface area contributed by atoms with Gasteiger partial charge in [0.1, 0.15) is 5.82 Å². The summed E-state index contributed by atoms with van der Waals surface area (Å²) < 4.78 is 19.6. The van der Waals surface area contributed by atoms with Crippen LogP contribution in [-0.2, 0) is 4.74 Å². The minimum Gasteiger partial charge on any atom is -0.378 e. The lowest BCUT2D eigenvalue weighted by molar-refractivity contribution is 0.00530. The standard InChI is InChI=1S/C14H19ClFNO/c1-17-14(9-11-4-2-3-7-18-11)12-6-5-10(15)8-13(12)16/h5-6,8,11,14,17H,2-4,7,9H2,1H3. The normalized spacial score (nSPS) is 21.8. The van der Waals surface area contributed by atoms with Crippen LogP contribution in [0.25, 0.3) is 0 Å². The van der Waals surface area contributed by atoms with Crippen LogP contribution in [0.15, 0.2) is 18.2 Å². The highest BCUT2D eigenvalue weighted by atomic mass is 35.5. The molecule has 2 atom stereocenters. The maximum absolute atomic E-state index is 13.9. The van der Waals surface area contributed by atoms with Gasteiger partial charge in [-0.3, -0.25) is 0 Å². The lowest BCUT2D eigenvalue weighted by Crippen LogP contribution is -2.27. The van der Waals surface area contributed by atoms with E-state index in [4.69, 9.17) is 16.3 Å². The molecule has 18 heavy (non-hydrogen) atoms. The van der Waals surface area contributed by atoms with Gasteiger partial charge in [0.25, 0.3) is 0 Å². The van der Waals surface area contributed by atoms with Crippen molar-refractivity contribution in [3.63, 3.8) is 0 Å². The third-order valence-corrected chi connectivity index (χ3v) is 3.69. The van der Waals surface area contributed by atoms with E-state index < -0.39 is 0 Å². The Morgan fingerprint density at radius 3 is 2.94 bits per heavy atom. The summed E-state index contributed by atoms with van der Waals surface area (Å²) in [6.07, 6.45) is 4.43. The van der Waals surface area contributed by atoms with Gasteiger partial charge in [-0.1, -0.05) is 17.7 Å². The monoisotopic (exact) mass is 271 g/mol. The van der Waals surface area contributed by atoms with Crippen molar-refractivity contribution in [1.82, 2.24) is 5.32 Å². The second-order valence-electron chi connectivity index (χ2n) is 4.73. The summed E-state index contributed by atoms with van der Waals surface area (Å²) in [6, 6.07) is 4.82. The lowest BCUT2D eigenvalue weighted by atomic mass is 9.96. The van der Waals surface area contributed by atoms with Crippen molar-refractivity contribution >= 4 is 11.6 Å². The van der Waals surface area contributed by atoms with Gasteiger partial charge in [0.15, 0.2) is 0 Å². The highest BCUT2D eigenvalue weighted by Gasteiger charge is 2.21. The number of hydrogen-bond donors (Lipinski definition) is 1. The van der Waals surface area contributed by atoms with E-state index in [1.807, 2.05) is 7.05 Å². The van der Waals surface area contributed by atoms with Crippen molar-refractivity contribution in [3.8, 4) is 0 Å². The zero-order chi connectivity index (χ0) is 13.0. The fourth-order valence-corrected chi connectivity index (χ4v) is 2.60. The minimum atomic E-state index is -0.252. The molecule has 2 rings (SSSR count). The number of halogens is 2. The molecule has 1 saturated heterocycles. The predicted octanol–water partition coefficient (Wildman–Crippen LogP) is 3.70. The van der Waals surface area contributed by atoms with Crippen molar-refractivity contribution < 1.29 is 9.13 Å². The van der Waals surface area contributed by atoms with Crippen LogP contribution in [0.4, 0.5) is 4.39 Å². The van der Waals surface area contributed by atoms with Gasteiger partial charge in [0.05, 0.1) is 6.10 Å². The van der Waals surface area contributed by atoms with E-state index in [1.54, 1.807) is 12.1 Å². The molecule has 1 aliphatic rings. The van der Waals surface area contributed by atoms with Gasteiger partial charge in [-0.25, -0.2) is 4.39 Å². The molecule has 1 aliphatic heterocycles. The summed E-state index contributed by atoms with van der Waals surface area (Å²) in [4.78, 5) is 0. The highest BCUT2D eigenvalue weighted by Crippen LogP contribution is 2.27. The van der Waals surface area contributed by atoms with Crippen LogP contribution in [0.2, 0.25) is 5.02 Å². The number of hydrogen-bond acceptors (Lipinski definition) is 2. The van der Waals surface area contributed by atoms with E-state index in [1.165, 1.54) is 12.5 Å². The lowest BCUT2D eigenvalue weighted by Gasteiger charge is -2.27. The Balaban J connectivity index is 2.07. The first-order valence-corrected chi connectivity index (χ1v) is 6.82. The van der Waals surface area contributed by atoms with Crippen LogP contribution in [0.1, 0.15) is 37.3 Å². The molecule has 0 aliphatic carbocycles. The molecule has 2 nitrogen and oxygen atoms in total. The van der Waals surface area contributed by atoms with E-state index in [9.17, 15) is 4.39 Å². The van der Waals surface area contributed by atoms with E-state index in [0.29, 0.717) is 10.6 Å². The first-order valence-electron chi connectivity index (χ1n) is 6.44. The summed E-state index contributed by atoms with van der Waals surface area (Å²) in [6.45, 7) is 0.824. The molecule has 0 aromatic heterocycles. The van der Waals surface area contributed by atoms with Crippen LogP contribution in [0.5, 0.6) is 0 Å². The van der Waals surface area contributed by atoms with Crippen LogP contribution < -0.4 is 5.32 Å². The first-order chi connectivity index (χ1) is 8.70. The summed E-state index contributed by atoms with van der Waals surface area (Å²) in [5.74, 6) is -0.252. The molecule has 4 heteroatoms. The van der Waals surface area contributed by atoms with Crippen LogP contribution in [-0.4, -0.2) is 19.8 Å². The largest absolute Gasteiger partial charge is 0.378 e. The van der Waals surface area contributed by atoms with Crippen LogP contribution in [0.3, 0.4) is 0 Å². The molecule has 2 unspecified atom stereocenters. The molecular formula is C14H19ClFNO. The number of rotatable bonds is 4. The molecular weight excluding hydrogens is 253 g/mol. The predicted molar refractivity (Wildman–Crippen MR) is 71.4 cm³/mol. The van der Waals surface area contributed by atoms with Crippen molar-refractivity contribution in [1.29, 1.82) is 0 Å². The number of nitrogens with one attached hydrogen (secondary N) is 1. The Kier molecular flexibility index (Phi) is 4.98. The average molecular weight is 272 g/mol. The molecule has 1 heterocycles. The van der Waals surface area contributed by atoms with Gasteiger partial charge < -0.3 is 10.1 Å². The topological polar surface area (TPSA) is 21.3 Å². The molecule has 1 fully saturated rings. The summed E-state index contributed by atoms with van der Waals surface area (Å²) in [7, 11) is 1.85. The zero-order valence-corrected chi connectivity index (χ0v) is 11.3. The number of ether oxygens (including phenoxy) is 1. The SMILES string of the molecule is CNC(CC1CCCCO1)c1ccc(Cl)cc1F. The first kappa shape index (κ1) is 13.8. The van der Waals surface area contributed by atoms with Crippen LogP contribution >= 0.6 is 11.6 Å². The molecule has 1 aromatic rings. The van der Waals surface area contributed by atoms with E-state index in [0.717, 1.165) is 25.9 Å². The Labute approximate surface area is 112 Å². The van der Waals surface area contributed by atoms with Crippen molar-refractivity contribution in [3.05, 3.63) is 34.6 Å². The van der Waals surface area contributed by atoms with Gasteiger partial charge in [-0.05, 0) is 44.9 Å². The molecule has 0 amide bonds. The maximum Gasteiger partial charge on any atom is 0.129 e. The number of benzene rings is 1. The van der Waals surface area contributed by atoms with E-state index in [-0.39, 0.29) is 18.0 Å². The van der Waals surface area contributed by atoms with Gasteiger partial charge in [0, 0.05) is 23.2 Å². The van der Waals surface area contributed by atoms with Crippen molar-refractivity contribution in [2.24, 2.45) is 0 Å². The quantitative estimate of drug-likeness (QED) is 0.902. The molecule has 0 saturated carbocycles. The Hall–Kier alpha value is -0.640. The molecule has 1 aromatic carbocycles. The van der Waals surface area contributed by atoms with E-state index in [2.05, 4.69) is 5.32 Å². The fraction of sp³-hybridized carbons (Fsp3) is 0.571.